The zero-order chi connectivity index (χ0) is 23.9. The summed E-state index contributed by atoms with van der Waals surface area (Å²) in [6.07, 6.45) is 5.81. The second-order valence-corrected chi connectivity index (χ2v) is 8.34. The standard InChI is InChI=1S/C27H21N5O3/c33-14-6-13-32-25(19-9-1-3-10-21(19)30-32)24-23(26(34)29-27(24)35)20-16-31(17-7-5-12-28-15-17)22-11-4-2-8-18(20)22/h1-5,7-12,15-16,33H,6,13-14H2,(H,29,34,35). The molecule has 8 heteroatoms. The summed E-state index contributed by atoms with van der Waals surface area (Å²) in [6, 6.07) is 19.1. The molecule has 0 saturated heterocycles. The average molecular weight is 463 g/mol. The first kappa shape index (κ1) is 21.0. The maximum atomic E-state index is 13.3. The van der Waals surface area contributed by atoms with E-state index in [1.54, 1.807) is 17.1 Å². The van der Waals surface area contributed by atoms with Crippen molar-refractivity contribution in [2.45, 2.75) is 13.0 Å². The highest BCUT2D eigenvalue weighted by molar-refractivity contribution is 6.50. The number of aromatic nitrogens is 4. The lowest BCUT2D eigenvalue weighted by Crippen LogP contribution is -2.23. The molecule has 0 atom stereocenters. The Bertz CT molecular complexity index is 1650. The number of nitrogens with zero attached hydrogens (tertiary/aromatic N) is 4. The van der Waals surface area contributed by atoms with Gasteiger partial charge in [-0.1, -0.05) is 36.4 Å². The second-order valence-electron chi connectivity index (χ2n) is 8.34. The molecule has 0 fully saturated rings. The molecule has 1 aliphatic rings. The van der Waals surface area contributed by atoms with Crippen LogP contribution in [0.3, 0.4) is 0 Å². The zero-order valence-electron chi connectivity index (χ0n) is 18.7. The lowest BCUT2D eigenvalue weighted by Gasteiger charge is -2.09. The maximum Gasteiger partial charge on any atom is 0.261 e. The topological polar surface area (TPSA) is 102 Å². The lowest BCUT2D eigenvalue weighted by molar-refractivity contribution is -0.122. The predicted molar refractivity (Wildman–Crippen MR) is 132 cm³/mol. The van der Waals surface area contributed by atoms with Crippen LogP contribution in [0.15, 0.2) is 79.3 Å². The molecule has 8 nitrogen and oxygen atoms in total. The number of fused-ring (bicyclic) bond motifs is 2. The van der Waals surface area contributed by atoms with Gasteiger partial charge in [-0.2, -0.15) is 5.10 Å². The van der Waals surface area contributed by atoms with Gasteiger partial charge in [0.25, 0.3) is 11.8 Å². The van der Waals surface area contributed by atoms with Gasteiger partial charge in [0.15, 0.2) is 0 Å². The molecular formula is C27H21N5O3. The molecule has 2 amide bonds. The van der Waals surface area contributed by atoms with Crippen molar-refractivity contribution >= 4 is 44.8 Å². The summed E-state index contributed by atoms with van der Waals surface area (Å²) < 4.78 is 3.69. The van der Waals surface area contributed by atoms with Crippen LogP contribution in [0.2, 0.25) is 0 Å². The van der Waals surface area contributed by atoms with E-state index in [1.165, 1.54) is 0 Å². The number of aliphatic hydroxyl groups is 1. The zero-order valence-corrected chi connectivity index (χ0v) is 18.7. The summed E-state index contributed by atoms with van der Waals surface area (Å²) in [7, 11) is 0. The van der Waals surface area contributed by atoms with Crippen LogP contribution >= 0.6 is 0 Å². The molecule has 4 heterocycles. The molecule has 35 heavy (non-hydrogen) atoms. The fraction of sp³-hybridized carbons (Fsp3) is 0.111. The number of carbonyl (C=O) groups is 2. The van der Waals surface area contributed by atoms with Crippen molar-refractivity contribution in [3.8, 4) is 5.69 Å². The van der Waals surface area contributed by atoms with E-state index in [4.69, 9.17) is 0 Å². The molecule has 172 valence electrons. The van der Waals surface area contributed by atoms with E-state index in [-0.39, 0.29) is 12.2 Å². The number of benzene rings is 2. The van der Waals surface area contributed by atoms with E-state index in [1.807, 2.05) is 71.4 Å². The number of aliphatic hydroxyl groups excluding tert-OH is 1. The lowest BCUT2D eigenvalue weighted by atomic mass is 9.97. The van der Waals surface area contributed by atoms with Crippen molar-refractivity contribution in [1.82, 2.24) is 24.6 Å². The summed E-state index contributed by atoms with van der Waals surface area (Å²) in [5, 5.41) is 18.2. The summed E-state index contributed by atoms with van der Waals surface area (Å²) in [4.78, 5) is 30.7. The maximum absolute atomic E-state index is 13.3. The van der Waals surface area contributed by atoms with Crippen molar-refractivity contribution in [3.63, 3.8) is 0 Å². The number of rotatable bonds is 6. The number of nitrogens with one attached hydrogen (secondary N) is 1. The number of carbonyl (C=O) groups excluding carboxylic acids is 2. The molecule has 2 aromatic carbocycles. The van der Waals surface area contributed by atoms with Gasteiger partial charge < -0.3 is 9.67 Å². The van der Waals surface area contributed by atoms with Crippen LogP contribution in [0.25, 0.3) is 38.6 Å². The third kappa shape index (κ3) is 3.34. The molecular weight excluding hydrogens is 442 g/mol. The van der Waals surface area contributed by atoms with Crippen LogP contribution < -0.4 is 5.32 Å². The Morgan fingerprint density at radius 3 is 2.46 bits per heavy atom. The summed E-state index contributed by atoms with van der Waals surface area (Å²) in [5.41, 5.74) is 4.29. The number of pyridine rings is 1. The number of hydrogen-bond acceptors (Lipinski definition) is 5. The van der Waals surface area contributed by atoms with Crippen molar-refractivity contribution in [1.29, 1.82) is 0 Å². The first-order valence-corrected chi connectivity index (χ1v) is 11.3. The Kier molecular flexibility index (Phi) is 5.00. The average Bonchev–Trinajstić information content (AvgIpc) is 3.53. The first-order valence-electron chi connectivity index (χ1n) is 11.3. The normalized spacial score (nSPS) is 13.9. The monoisotopic (exact) mass is 463 g/mol. The molecule has 0 unspecified atom stereocenters. The van der Waals surface area contributed by atoms with Gasteiger partial charge in [0.1, 0.15) is 0 Å². The van der Waals surface area contributed by atoms with E-state index in [0.29, 0.717) is 29.8 Å². The SMILES string of the molecule is O=C1NC(=O)C(c2c3ccccc3nn2CCCO)=C1c1cn(-c2cccnc2)c2ccccc12. The third-order valence-electron chi connectivity index (χ3n) is 6.25. The third-order valence-corrected chi connectivity index (χ3v) is 6.25. The molecule has 0 saturated carbocycles. The highest BCUT2D eigenvalue weighted by Gasteiger charge is 2.36. The second kappa shape index (κ2) is 8.34. The number of para-hydroxylation sites is 1. The molecule has 3 aromatic heterocycles. The minimum atomic E-state index is -0.459. The summed E-state index contributed by atoms with van der Waals surface area (Å²) in [6.45, 7) is 0.404. The van der Waals surface area contributed by atoms with Gasteiger partial charge in [0.2, 0.25) is 0 Å². The van der Waals surface area contributed by atoms with Crippen LogP contribution in [-0.4, -0.2) is 42.9 Å². The fourth-order valence-electron chi connectivity index (χ4n) is 4.75. The van der Waals surface area contributed by atoms with Crippen LogP contribution in [-0.2, 0) is 16.1 Å². The van der Waals surface area contributed by atoms with Gasteiger partial charge in [-0.3, -0.25) is 24.6 Å². The molecule has 2 N–H and O–H groups in total. The van der Waals surface area contributed by atoms with Gasteiger partial charge in [0.05, 0.1) is 39.8 Å². The Morgan fingerprint density at radius 1 is 0.886 bits per heavy atom. The molecule has 0 radical (unpaired) electrons. The highest BCUT2D eigenvalue weighted by Crippen LogP contribution is 2.39. The largest absolute Gasteiger partial charge is 0.396 e. The number of imide groups is 1. The number of amides is 2. The van der Waals surface area contributed by atoms with Crippen LogP contribution in [0, 0.1) is 0 Å². The van der Waals surface area contributed by atoms with Crippen LogP contribution in [0.5, 0.6) is 0 Å². The minimum absolute atomic E-state index is 0.00865. The van der Waals surface area contributed by atoms with Gasteiger partial charge in [-0.25, -0.2) is 0 Å². The Hall–Kier alpha value is -4.56. The van der Waals surface area contributed by atoms with Crippen molar-refractivity contribution < 1.29 is 14.7 Å². The van der Waals surface area contributed by atoms with Crippen molar-refractivity contribution in [2.75, 3.05) is 6.61 Å². The van der Waals surface area contributed by atoms with Crippen molar-refractivity contribution in [3.05, 3.63) is 90.5 Å². The molecule has 0 bridgehead atoms. The molecule has 1 aliphatic heterocycles. The molecule has 6 rings (SSSR count). The van der Waals surface area contributed by atoms with E-state index in [0.717, 1.165) is 27.5 Å². The van der Waals surface area contributed by atoms with E-state index in [9.17, 15) is 14.7 Å². The summed E-state index contributed by atoms with van der Waals surface area (Å²) in [5.74, 6) is -0.905. The quantitative estimate of drug-likeness (QED) is 0.376. The smallest absolute Gasteiger partial charge is 0.261 e. The van der Waals surface area contributed by atoms with Crippen molar-refractivity contribution in [2.24, 2.45) is 0 Å². The van der Waals surface area contributed by atoms with E-state index < -0.39 is 11.8 Å². The van der Waals surface area contributed by atoms with Gasteiger partial charge in [-0.05, 0) is 30.7 Å². The number of aryl methyl sites for hydroxylation is 1. The van der Waals surface area contributed by atoms with E-state index in [2.05, 4.69) is 15.4 Å². The Morgan fingerprint density at radius 2 is 1.66 bits per heavy atom. The van der Waals surface area contributed by atoms with Gasteiger partial charge in [-0.15, -0.1) is 0 Å². The van der Waals surface area contributed by atoms with Crippen LogP contribution in [0.4, 0.5) is 0 Å². The van der Waals surface area contributed by atoms with E-state index >= 15 is 0 Å². The highest BCUT2D eigenvalue weighted by atomic mass is 16.3. The van der Waals surface area contributed by atoms with Crippen LogP contribution in [0.1, 0.15) is 17.7 Å². The first-order chi connectivity index (χ1) is 17.2. The molecule has 0 spiro atoms. The fourth-order valence-corrected chi connectivity index (χ4v) is 4.75. The predicted octanol–water partition coefficient (Wildman–Crippen LogP) is 3.32. The summed E-state index contributed by atoms with van der Waals surface area (Å²) >= 11 is 0. The van der Waals surface area contributed by atoms with Gasteiger partial charge in [0, 0.05) is 41.9 Å². The minimum Gasteiger partial charge on any atom is -0.396 e. The Balaban J connectivity index is 1.67. The molecule has 5 aromatic rings. The number of hydrogen-bond donors (Lipinski definition) is 2. The van der Waals surface area contributed by atoms with Gasteiger partial charge >= 0.3 is 0 Å². The Labute approximate surface area is 200 Å². The molecule has 0 aliphatic carbocycles.